The average Bonchev–Trinajstić information content (AvgIpc) is 2.79. The maximum atomic E-state index is 5.92. The largest absolute Gasteiger partial charge is 0.328 e. The minimum Gasteiger partial charge on any atom is -0.328 e. The van der Waals surface area contributed by atoms with E-state index < -0.39 is 0 Å². The SMILES string of the molecule is CCc1ccsc1CNCC1CCC(N)CC1. The third-order valence-electron chi connectivity index (χ3n) is 3.83. The summed E-state index contributed by atoms with van der Waals surface area (Å²) in [6.07, 6.45) is 6.19. The maximum absolute atomic E-state index is 5.92. The van der Waals surface area contributed by atoms with E-state index in [0.717, 1.165) is 25.4 Å². The second kappa shape index (κ2) is 6.53. The van der Waals surface area contributed by atoms with E-state index in [9.17, 15) is 0 Å². The number of hydrogen-bond acceptors (Lipinski definition) is 3. The molecule has 0 unspecified atom stereocenters. The van der Waals surface area contributed by atoms with Gasteiger partial charge < -0.3 is 11.1 Å². The van der Waals surface area contributed by atoms with Crippen LogP contribution in [0, 0.1) is 5.92 Å². The molecule has 0 aromatic carbocycles. The lowest BCUT2D eigenvalue weighted by molar-refractivity contribution is 0.314. The lowest BCUT2D eigenvalue weighted by Crippen LogP contribution is -2.31. The summed E-state index contributed by atoms with van der Waals surface area (Å²) in [6.45, 7) is 4.44. The normalized spacial score (nSPS) is 25.1. The molecule has 2 rings (SSSR count). The van der Waals surface area contributed by atoms with Crippen molar-refractivity contribution < 1.29 is 0 Å². The van der Waals surface area contributed by atoms with Crippen LogP contribution in [0.5, 0.6) is 0 Å². The van der Waals surface area contributed by atoms with Crippen molar-refractivity contribution in [3.63, 3.8) is 0 Å². The topological polar surface area (TPSA) is 38.0 Å². The molecule has 0 amide bonds. The molecule has 3 heteroatoms. The molecule has 1 aromatic rings. The first-order valence-corrected chi connectivity index (χ1v) is 7.69. The summed E-state index contributed by atoms with van der Waals surface area (Å²) in [4.78, 5) is 1.51. The van der Waals surface area contributed by atoms with Gasteiger partial charge in [0, 0.05) is 17.5 Å². The zero-order valence-corrected chi connectivity index (χ0v) is 11.6. The van der Waals surface area contributed by atoms with Crippen LogP contribution in [0.2, 0.25) is 0 Å². The highest BCUT2D eigenvalue weighted by Gasteiger charge is 2.17. The Hall–Kier alpha value is -0.380. The Morgan fingerprint density at radius 2 is 2.12 bits per heavy atom. The van der Waals surface area contributed by atoms with Crippen molar-refractivity contribution in [3.05, 3.63) is 21.9 Å². The summed E-state index contributed by atoms with van der Waals surface area (Å²) in [5, 5.41) is 5.82. The Morgan fingerprint density at radius 1 is 1.35 bits per heavy atom. The molecular formula is C14H24N2S. The molecule has 3 N–H and O–H groups in total. The minimum absolute atomic E-state index is 0.468. The molecule has 0 bridgehead atoms. The summed E-state index contributed by atoms with van der Waals surface area (Å²) in [6, 6.07) is 2.72. The molecule has 0 aliphatic heterocycles. The number of hydrogen-bond donors (Lipinski definition) is 2. The summed E-state index contributed by atoms with van der Waals surface area (Å²) in [5.74, 6) is 0.847. The Morgan fingerprint density at radius 3 is 2.82 bits per heavy atom. The van der Waals surface area contributed by atoms with Gasteiger partial charge in [0.1, 0.15) is 0 Å². The van der Waals surface area contributed by atoms with Gasteiger partial charge in [-0.25, -0.2) is 0 Å². The maximum Gasteiger partial charge on any atom is 0.0302 e. The highest BCUT2D eigenvalue weighted by molar-refractivity contribution is 7.10. The number of rotatable bonds is 5. The first-order chi connectivity index (χ1) is 8.29. The summed E-state index contributed by atoms with van der Waals surface area (Å²) in [5.41, 5.74) is 7.43. The van der Waals surface area contributed by atoms with Crippen LogP contribution in [-0.4, -0.2) is 12.6 Å². The van der Waals surface area contributed by atoms with Gasteiger partial charge in [0.05, 0.1) is 0 Å². The van der Waals surface area contributed by atoms with E-state index in [1.165, 1.54) is 36.1 Å². The van der Waals surface area contributed by atoms with E-state index >= 15 is 0 Å². The van der Waals surface area contributed by atoms with E-state index in [1.54, 1.807) is 0 Å². The lowest BCUT2D eigenvalue weighted by atomic mass is 9.86. The molecule has 1 saturated carbocycles. The zero-order chi connectivity index (χ0) is 12.1. The van der Waals surface area contributed by atoms with E-state index in [4.69, 9.17) is 5.73 Å². The highest BCUT2D eigenvalue weighted by atomic mass is 32.1. The van der Waals surface area contributed by atoms with Gasteiger partial charge in [0.15, 0.2) is 0 Å². The third kappa shape index (κ3) is 3.80. The van der Waals surface area contributed by atoms with Crippen LogP contribution >= 0.6 is 11.3 Å². The van der Waals surface area contributed by atoms with Crippen molar-refractivity contribution in [1.82, 2.24) is 5.32 Å². The molecule has 0 atom stereocenters. The van der Waals surface area contributed by atoms with Crippen molar-refractivity contribution in [1.29, 1.82) is 0 Å². The molecule has 0 radical (unpaired) electrons. The molecule has 1 heterocycles. The van der Waals surface area contributed by atoms with Crippen molar-refractivity contribution in [2.24, 2.45) is 11.7 Å². The van der Waals surface area contributed by atoms with Crippen molar-refractivity contribution >= 4 is 11.3 Å². The van der Waals surface area contributed by atoms with Crippen LogP contribution in [0.4, 0.5) is 0 Å². The van der Waals surface area contributed by atoms with Crippen LogP contribution in [0.3, 0.4) is 0 Å². The van der Waals surface area contributed by atoms with E-state index in [1.807, 2.05) is 11.3 Å². The third-order valence-corrected chi connectivity index (χ3v) is 4.79. The molecule has 1 aliphatic carbocycles. The van der Waals surface area contributed by atoms with Crippen molar-refractivity contribution in [3.8, 4) is 0 Å². The molecule has 17 heavy (non-hydrogen) atoms. The predicted molar refractivity (Wildman–Crippen MR) is 75.3 cm³/mol. The van der Waals surface area contributed by atoms with Crippen molar-refractivity contribution in [2.45, 2.75) is 51.6 Å². The van der Waals surface area contributed by atoms with E-state index in [-0.39, 0.29) is 0 Å². The van der Waals surface area contributed by atoms with Gasteiger partial charge in [0.2, 0.25) is 0 Å². The Labute approximate surface area is 109 Å². The van der Waals surface area contributed by atoms with Gasteiger partial charge >= 0.3 is 0 Å². The number of aryl methyl sites for hydroxylation is 1. The molecule has 0 saturated heterocycles. The molecule has 1 fully saturated rings. The second-order valence-corrected chi connectivity index (χ2v) is 6.13. The quantitative estimate of drug-likeness (QED) is 0.845. The Bertz CT molecular complexity index is 327. The van der Waals surface area contributed by atoms with Crippen LogP contribution in [0.25, 0.3) is 0 Å². The fourth-order valence-electron chi connectivity index (χ4n) is 2.62. The standard InChI is InChI=1S/C14H24N2S/c1-2-12-7-8-17-14(12)10-16-9-11-3-5-13(15)6-4-11/h7-8,11,13,16H,2-6,9-10,15H2,1H3. The van der Waals surface area contributed by atoms with Gasteiger partial charge in [-0.05, 0) is 61.6 Å². The zero-order valence-electron chi connectivity index (χ0n) is 10.7. The monoisotopic (exact) mass is 252 g/mol. The molecule has 1 aromatic heterocycles. The van der Waals surface area contributed by atoms with E-state index in [2.05, 4.69) is 23.7 Å². The summed E-state index contributed by atoms with van der Waals surface area (Å²) < 4.78 is 0. The van der Waals surface area contributed by atoms with E-state index in [0.29, 0.717) is 6.04 Å². The van der Waals surface area contributed by atoms with Crippen LogP contribution < -0.4 is 11.1 Å². The van der Waals surface area contributed by atoms with Gasteiger partial charge in [-0.2, -0.15) is 0 Å². The van der Waals surface area contributed by atoms with Crippen LogP contribution in [-0.2, 0) is 13.0 Å². The Kier molecular flexibility index (Phi) is 5.01. The first kappa shape index (κ1) is 13.1. The first-order valence-electron chi connectivity index (χ1n) is 6.81. The molecular weight excluding hydrogens is 228 g/mol. The lowest BCUT2D eigenvalue weighted by Gasteiger charge is -2.26. The molecule has 96 valence electrons. The van der Waals surface area contributed by atoms with Crippen LogP contribution in [0.1, 0.15) is 43.0 Å². The predicted octanol–water partition coefficient (Wildman–Crippen LogP) is 2.92. The number of thiophene rings is 1. The second-order valence-electron chi connectivity index (χ2n) is 5.13. The fraction of sp³-hybridized carbons (Fsp3) is 0.714. The fourth-order valence-corrected chi connectivity index (χ4v) is 3.57. The van der Waals surface area contributed by atoms with Gasteiger partial charge in [0.25, 0.3) is 0 Å². The smallest absolute Gasteiger partial charge is 0.0302 e. The molecule has 2 nitrogen and oxygen atoms in total. The van der Waals surface area contributed by atoms with Gasteiger partial charge in [-0.15, -0.1) is 11.3 Å². The summed E-state index contributed by atoms with van der Waals surface area (Å²) in [7, 11) is 0. The Balaban J connectivity index is 1.69. The molecule has 0 spiro atoms. The van der Waals surface area contributed by atoms with Crippen LogP contribution in [0.15, 0.2) is 11.4 Å². The minimum atomic E-state index is 0.468. The molecule has 1 aliphatic rings. The highest BCUT2D eigenvalue weighted by Crippen LogP contribution is 2.23. The number of nitrogens with two attached hydrogens (primary N) is 1. The summed E-state index contributed by atoms with van der Waals surface area (Å²) >= 11 is 1.88. The van der Waals surface area contributed by atoms with Gasteiger partial charge in [-0.1, -0.05) is 6.92 Å². The average molecular weight is 252 g/mol. The van der Waals surface area contributed by atoms with Crippen molar-refractivity contribution in [2.75, 3.05) is 6.54 Å². The number of nitrogens with one attached hydrogen (secondary N) is 1. The van der Waals surface area contributed by atoms with Gasteiger partial charge in [-0.3, -0.25) is 0 Å².